The molecule has 18 heavy (non-hydrogen) atoms. The van der Waals surface area contributed by atoms with Gasteiger partial charge in [0.15, 0.2) is 0 Å². The van der Waals surface area contributed by atoms with Crippen LogP contribution in [0, 0.1) is 0 Å². The van der Waals surface area contributed by atoms with E-state index in [1.165, 1.54) is 24.8 Å². The van der Waals surface area contributed by atoms with Crippen LogP contribution in [0.25, 0.3) is 5.69 Å². The van der Waals surface area contributed by atoms with Crippen molar-refractivity contribution >= 4 is 0 Å². The molecule has 0 saturated heterocycles. The molecule has 1 aromatic carbocycles. The summed E-state index contributed by atoms with van der Waals surface area (Å²) in [6, 6.07) is 10.4. The molecule has 2 N–H and O–H groups in total. The molecule has 3 nitrogen and oxygen atoms in total. The molecule has 3 heteroatoms. The Balaban J connectivity index is 1.86. The third kappa shape index (κ3) is 2.06. The van der Waals surface area contributed by atoms with Crippen molar-refractivity contribution in [3.05, 3.63) is 48.3 Å². The van der Waals surface area contributed by atoms with Gasteiger partial charge < -0.3 is 5.73 Å². The van der Waals surface area contributed by atoms with E-state index in [1.54, 1.807) is 6.20 Å². The van der Waals surface area contributed by atoms with Gasteiger partial charge in [-0.05, 0) is 36.6 Å². The first kappa shape index (κ1) is 11.5. The molecule has 0 aliphatic heterocycles. The zero-order valence-electron chi connectivity index (χ0n) is 10.5. The second kappa shape index (κ2) is 4.58. The van der Waals surface area contributed by atoms with Crippen molar-refractivity contribution in [2.75, 3.05) is 0 Å². The highest BCUT2D eigenvalue weighted by atomic mass is 15.3. The standard InChI is InChI=1S/C15H19N3/c16-15(9-2-1-3-10-15)13-5-7-14(8-6-13)18-12-4-11-17-18/h4-8,11-12H,1-3,9-10,16H2. The van der Waals surface area contributed by atoms with Crippen LogP contribution < -0.4 is 5.73 Å². The van der Waals surface area contributed by atoms with Crippen LogP contribution in [0.1, 0.15) is 37.7 Å². The summed E-state index contributed by atoms with van der Waals surface area (Å²) in [5.74, 6) is 0. The molecule has 1 saturated carbocycles. The molecular weight excluding hydrogens is 222 g/mol. The molecule has 94 valence electrons. The lowest BCUT2D eigenvalue weighted by molar-refractivity contribution is 0.302. The van der Waals surface area contributed by atoms with E-state index in [0.29, 0.717) is 0 Å². The van der Waals surface area contributed by atoms with Gasteiger partial charge in [-0.15, -0.1) is 0 Å². The maximum absolute atomic E-state index is 6.53. The van der Waals surface area contributed by atoms with Gasteiger partial charge >= 0.3 is 0 Å². The average Bonchev–Trinajstić information content (AvgIpc) is 2.94. The first-order valence-corrected chi connectivity index (χ1v) is 6.67. The van der Waals surface area contributed by atoms with Gasteiger partial charge in [-0.1, -0.05) is 31.4 Å². The lowest BCUT2D eigenvalue weighted by Gasteiger charge is -2.34. The summed E-state index contributed by atoms with van der Waals surface area (Å²) in [5, 5.41) is 4.23. The molecule has 1 aromatic heterocycles. The van der Waals surface area contributed by atoms with E-state index < -0.39 is 0 Å². The van der Waals surface area contributed by atoms with Crippen LogP contribution >= 0.6 is 0 Å². The van der Waals surface area contributed by atoms with Crippen LogP contribution in [0.5, 0.6) is 0 Å². The quantitative estimate of drug-likeness (QED) is 0.878. The summed E-state index contributed by atoms with van der Waals surface area (Å²) in [6.07, 6.45) is 9.77. The number of benzene rings is 1. The predicted molar refractivity (Wildman–Crippen MR) is 72.5 cm³/mol. The van der Waals surface area contributed by atoms with Crippen molar-refractivity contribution < 1.29 is 0 Å². The van der Waals surface area contributed by atoms with E-state index in [4.69, 9.17) is 5.73 Å². The smallest absolute Gasteiger partial charge is 0.0645 e. The van der Waals surface area contributed by atoms with Crippen LogP contribution in [0.3, 0.4) is 0 Å². The van der Waals surface area contributed by atoms with Crippen molar-refractivity contribution in [1.29, 1.82) is 0 Å². The maximum Gasteiger partial charge on any atom is 0.0645 e. The molecule has 0 bridgehead atoms. The predicted octanol–water partition coefficient (Wildman–Crippen LogP) is 2.99. The first-order chi connectivity index (χ1) is 8.78. The Hall–Kier alpha value is -1.61. The van der Waals surface area contributed by atoms with Crippen LogP contribution in [0.4, 0.5) is 0 Å². The molecule has 0 unspecified atom stereocenters. The highest BCUT2D eigenvalue weighted by Crippen LogP contribution is 2.34. The maximum atomic E-state index is 6.53. The number of rotatable bonds is 2. The molecule has 1 fully saturated rings. The molecule has 1 aliphatic carbocycles. The molecule has 2 aromatic rings. The lowest BCUT2D eigenvalue weighted by atomic mass is 9.77. The number of hydrogen-bond donors (Lipinski definition) is 1. The zero-order chi connectivity index (χ0) is 12.4. The summed E-state index contributed by atoms with van der Waals surface area (Å²) in [4.78, 5) is 0. The summed E-state index contributed by atoms with van der Waals surface area (Å²) in [6.45, 7) is 0. The van der Waals surface area contributed by atoms with Gasteiger partial charge in [0, 0.05) is 17.9 Å². The molecule has 1 heterocycles. The van der Waals surface area contributed by atoms with Gasteiger partial charge in [-0.3, -0.25) is 0 Å². The Kier molecular flexibility index (Phi) is 2.92. The minimum Gasteiger partial charge on any atom is -0.321 e. The first-order valence-electron chi connectivity index (χ1n) is 6.67. The summed E-state index contributed by atoms with van der Waals surface area (Å²) < 4.78 is 1.87. The fraction of sp³-hybridized carbons (Fsp3) is 0.400. The number of nitrogens with zero attached hydrogens (tertiary/aromatic N) is 2. The van der Waals surface area contributed by atoms with Gasteiger partial charge in [0.05, 0.1) is 5.69 Å². The average molecular weight is 241 g/mol. The van der Waals surface area contributed by atoms with Crippen LogP contribution in [-0.2, 0) is 5.54 Å². The highest BCUT2D eigenvalue weighted by Gasteiger charge is 2.29. The SMILES string of the molecule is NC1(c2ccc(-n3cccn3)cc2)CCCCC1. The largest absolute Gasteiger partial charge is 0.321 e. The van der Waals surface area contributed by atoms with Crippen LogP contribution in [0.15, 0.2) is 42.7 Å². The topological polar surface area (TPSA) is 43.8 Å². The normalized spacial score (nSPS) is 18.7. The van der Waals surface area contributed by atoms with E-state index in [0.717, 1.165) is 18.5 Å². The van der Waals surface area contributed by atoms with Crippen molar-refractivity contribution in [3.8, 4) is 5.69 Å². The molecule has 0 spiro atoms. The molecule has 0 atom stereocenters. The number of hydrogen-bond acceptors (Lipinski definition) is 2. The Labute approximate surface area is 108 Å². The summed E-state index contributed by atoms with van der Waals surface area (Å²) in [5.41, 5.74) is 8.76. The minimum atomic E-state index is -0.110. The second-order valence-electron chi connectivity index (χ2n) is 5.21. The lowest BCUT2D eigenvalue weighted by Crippen LogP contribution is -2.38. The van der Waals surface area contributed by atoms with Gasteiger partial charge in [0.1, 0.15) is 0 Å². The van der Waals surface area contributed by atoms with Gasteiger partial charge in [-0.2, -0.15) is 5.10 Å². The van der Waals surface area contributed by atoms with Crippen molar-refractivity contribution in [2.45, 2.75) is 37.6 Å². The third-order valence-corrected chi connectivity index (χ3v) is 3.96. The molecular formula is C15H19N3. The molecule has 3 rings (SSSR count). The summed E-state index contributed by atoms with van der Waals surface area (Å²) in [7, 11) is 0. The Morgan fingerprint density at radius 1 is 1.06 bits per heavy atom. The fourth-order valence-electron chi connectivity index (χ4n) is 2.84. The van der Waals surface area contributed by atoms with Gasteiger partial charge in [0.25, 0.3) is 0 Å². The van der Waals surface area contributed by atoms with Crippen molar-refractivity contribution in [3.63, 3.8) is 0 Å². The highest BCUT2D eigenvalue weighted by molar-refractivity contribution is 5.36. The minimum absolute atomic E-state index is 0.110. The zero-order valence-corrected chi connectivity index (χ0v) is 10.5. The molecule has 0 radical (unpaired) electrons. The van der Waals surface area contributed by atoms with E-state index in [1.807, 2.05) is 16.9 Å². The van der Waals surface area contributed by atoms with Crippen LogP contribution in [-0.4, -0.2) is 9.78 Å². The monoisotopic (exact) mass is 241 g/mol. The second-order valence-corrected chi connectivity index (χ2v) is 5.21. The Morgan fingerprint density at radius 3 is 2.39 bits per heavy atom. The van der Waals surface area contributed by atoms with E-state index in [2.05, 4.69) is 29.4 Å². The third-order valence-electron chi connectivity index (χ3n) is 3.96. The Bertz CT molecular complexity index is 493. The van der Waals surface area contributed by atoms with E-state index >= 15 is 0 Å². The van der Waals surface area contributed by atoms with Gasteiger partial charge in [-0.25, -0.2) is 4.68 Å². The van der Waals surface area contributed by atoms with Gasteiger partial charge in [0.2, 0.25) is 0 Å². The fourth-order valence-corrected chi connectivity index (χ4v) is 2.84. The van der Waals surface area contributed by atoms with Crippen molar-refractivity contribution in [2.24, 2.45) is 5.73 Å². The molecule has 0 amide bonds. The van der Waals surface area contributed by atoms with E-state index in [9.17, 15) is 0 Å². The van der Waals surface area contributed by atoms with Crippen molar-refractivity contribution in [1.82, 2.24) is 9.78 Å². The van der Waals surface area contributed by atoms with E-state index in [-0.39, 0.29) is 5.54 Å². The summed E-state index contributed by atoms with van der Waals surface area (Å²) >= 11 is 0. The number of nitrogens with two attached hydrogens (primary N) is 1. The van der Waals surface area contributed by atoms with Crippen LogP contribution in [0.2, 0.25) is 0 Å². The Morgan fingerprint density at radius 2 is 1.78 bits per heavy atom. The molecule has 1 aliphatic rings. The number of aromatic nitrogens is 2.